The quantitative estimate of drug-likeness (QED) is 0.800. The highest BCUT2D eigenvalue weighted by molar-refractivity contribution is 5.41. The Morgan fingerprint density at radius 3 is 2.56 bits per heavy atom. The van der Waals surface area contributed by atoms with E-state index in [4.69, 9.17) is 5.73 Å². The van der Waals surface area contributed by atoms with Crippen LogP contribution < -0.4 is 5.73 Å². The Morgan fingerprint density at radius 1 is 1.39 bits per heavy atom. The van der Waals surface area contributed by atoms with Crippen molar-refractivity contribution in [3.63, 3.8) is 0 Å². The molecule has 6 heteroatoms. The van der Waals surface area contributed by atoms with Crippen LogP contribution in [0, 0.1) is 0 Å². The second-order valence-corrected chi connectivity index (χ2v) is 4.13. The van der Waals surface area contributed by atoms with E-state index in [0.29, 0.717) is 11.3 Å². The average Bonchev–Trinajstić information content (AvgIpc) is 2.26. The summed E-state index contributed by atoms with van der Waals surface area (Å²) in [6, 6.07) is 6.52. The molecule has 1 unspecified atom stereocenters. The van der Waals surface area contributed by atoms with Gasteiger partial charge in [0, 0.05) is 12.2 Å². The Hall–Kier alpha value is -1.27. The van der Waals surface area contributed by atoms with Crippen LogP contribution in [-0.2, 0) is 0 Å². The van der Waals surface area contributed by atoms with Crippen LogP contribution in [0.2, 0.25) is 0 Å². The van der Waals surface area contributed by atoms with Gasteiger partial charge in [-0.2, -0.15) is 13.2 Å². The fourth-order valence-electron chi connectivity index (χ4n) is 1.68. The summed E-state index contributed by atoms with van der Waals surface area (Å²) in [5, 5.41) is 9.88. The number of aliphatic hydroxyl groups is 1. The smallest absolute Gasteiger partial charge is 0.399 e. The van der Waals surface area contributed by atoms with Crippen LogP contribution in [0.3, 0.4) is 0 Å². The van der Waals surface area contributed by atoms with E-state index in [9.17, 15) is 18.3 Å². The third-order valence-corrected chi connectivity index (χ3v) is 2.58. The zero-order valence-corrected chi connectivity index (χ0v) is 10.1. The Labute approximate surface area is 104 Å². The molecule has 1 atom stereocenters. The van der Waals surface area contributed by atoms with E-state index < -0.39 is 18.8 Å². The second-order valence-electron chi connectivity index (χ2n) is 4.13. The van der Waals surface area contributed by atoms with E-state index in [2.05, 4.69) is 0 Å². The number of rotatable bonds is 5. The summed E-state index contributed by atoms with van der Waals surface area (Å²) in [7, 11) is 0. The van der Waals surface area contributed by atoms with Crippen LogP contribution in [0.5, 0.6) is 0 Å². The SMILES string of the molecule is CCN(CC(O)c1cccc(N)c1)CC(F)(F)F. The molecule has 0 aliphatic heterocycles. The molecule has 18 heavy (non-hydrogen) atoms. The van der Waals surface area contributed by atoms with E-state index in [1.54, 1.807) is 31.2 Å². The van der Waals surface area contributed by atoms with Crippen molar-refractivity contribution >= 4 is 5.69 Å². The van der Waals surface area contributed by atoms with Crippen molar-refractivity contribution in [1.29, 1.82) is 0 Å². The predicted octanol–water partition coefficient (Wildman–Crippen LogP) is 2.19. The van der Waals surface area contributed by atoms with Gasteiger partial charge < -0.3 is 10.8 Å². The van der Waals surface area contributed by atoms with Gasteiger partial charge in [0.1, 0.15) is 0 Å². The Balaban J connectivity index is 2.65. The molecule has 0 aliphatic carbocycles. The summed E-state index contributed by atoms with van der Waals surface area (Å²) in [5.41, 5.74) is 6.56. The molecular formula is C12H17F3N2O. The van der Waals surface area contributed by atoms with Crippen molar-refractivity contribution in [2.75, 3.05) is 25.4 Å². The Kier molecular flexibility index (Phi) is 4.98. The molecule has 102 valence electrons. The van der Waals surface area contributed by atoms with Gasteiger partial charge in [-0.15, -0.1) is 0 Å². The molecule has 0 aromatic heterocycles. The molecule has 0 amide bonds. The number of aliphatic hydroxyl groups excluding tert-OH is 1. The van der Waals surface area contributed by atoms with Crippen LogP contribution in [-0.4, -0.2) is 35.8 Å². The maximum absolute atomic E-state index is 12.3. The van der Waals surface area contributed by atoms with Crippen LogP contribution in [0.1, 0.15) is 18.6 Å². The molecule has 1 aromatic rings. The minimum Gasteiger partial charge on any atom is -0.399 e. The molecular weight excluding hydrogens is 245 g/mol. The fraction of sp³-hybridized carbons (Fsp3) is 0.500. The number of hydrogen-bond acceptors (Lipinski definition) is 3. The molecule has 3 N–H and O–H groups in total. The zero-order chi connectivity index (χ0) is 13.8. The molecule has 0 fully saturated rings. The third-order valence-electron chi connectivity index (χ3n) is 2.58. The van der Waals surface area contributed by atoms with E-state index in [1.807, 2.05) is 0 Å². The summed E-state index contributed by atoms with van der Waals surface area (Å²) in [4.78, 5) is 1.15. The maximum atomic E-state index is 12.3. The lowest BCUT2D eigenvalue weighted by Crippen LogP contribution is -2.36. The summed E-state index contributed by atoms with van der Waals surface area (Å²) >= 11 is 0. The minimum absolute atomic E-state index is 0.0700. The zero-order valence-electron chi connectivity index (χ0n) is 10.1. The predicted molar refractivity (Wildman–Crippen MR) is 64.0 cm³/mol. The van der Waals surface area contributed by atoms with Gasteiger partial charge in [0.2, 0.25) is 0 Å². The van der Waals surface area contributed by atoms with Gasteiger partial charge in [-0.25, -0.2) is 0 Å². The van der Waals surface area contributed by atoms with Gasteiger partial charge in [0.05, 0.1) is 12.6 Å². The highest BCUT2D eigenvalue weighted by Crippen LogP contribution is 2.20. The van der Waals surface area contributed by atoms with Gasteiger partial charge >= 0.3 is 6.18 Å². The van der Waals surface area contributed by atoms with E-state index in [0.717, 1.165) is 4.90 Å². The normalized spacial score (nSPS) is 13.9. The van der Waals surface area contributed by atoms with Gasteiger partial charge in [-0.3, -0.25) is 4.90 Å². The van der Waals surface area contributed by atoms with Gasteiger partial charge in [-0.1, -0.05) is 19.1 Å². The lowest BCUT2D eigenvalue weighted by atomic mass is 10.1. The second kappa shape index (κ2) is 6.06. The number of likely N-dealkylation sites (N-methyl/N-ethyl adjacent to an activating group) is 1. The first-order chi connectivity index (χ1) is 8.31. The minimum atomic E-state index is -4.26. The monoisotopic (exact) mass is 262 g/mol. The average molecular weight is 262 g/mol. The number of nitrogen functional groups attached to an aromatic ring is 1. The first-order valence-corrected chi connectivity index (χ1v) is 5.64. The fourth-order valence-corrected chi connectivity index (χ4v) is 1.68. The standard InChI is InChI=1S/C12H17F3N2O/c1-2-17(8-12(13,14)15)7-11(18)9-4-3-5-10(16)6-9/h3-6,11,18H,2,7-8,16H2,1H3. The molecule has 0 radical (unpaired) electrons. The molecule has 0 bridgehead atoms. The number of nitrogens with two attached hydrogens (primary N) is 1. The highest BCUT2D eigenvalue weighted by atomic mass is 19.4. The maximum Gasteiger partial charge on any atom is 0.401 e. The van der Waals surface area contributed by atoms with Crippen molar-refractivity contribution < 1.29 is 18.3 Å². The van der Waals surface area contributed by atoms with E-state index in [-0.39, 0.29) is 13.1 Å². The van der Waals surface area contributed by atoms with Crippen molar-refractivity contribution in [2.45, 2.75) is 19.2 Å². The number of benzene rings is 1. The number of alkyl halides is 3. The van der Waals surface area contributed by atoms with Gasteiger partial charge in [-0.05, 0) is 24.2 Å². The lowest BCUT2D eigenvalue weighted by molar-refractivity contribution is -0.148. The largest absolute Gasteiger partial charge is 0.401 e. The van der Waals surface area contributed by atoms with Crippen LogP contribution in [0.25, 0.3) is 0 Å². The van der Waals surface area contributed by atoms with Crippen LogP contribution >= 0.6 is 0 Å². The van der Waals surface area contributed by atoms with Crippen molar-refractivity contribution in [3.05, 3.63) is 29.8 Å². The molecule has 0 saturated heterocycles. The topological polar surface area (TPSA) is 49.5 Å². The van der Waals surface area contributed by atoms with Gasteiger partial charge in [0.15, 0.2) is 0 Å². The number of nitrogens with zero attached hydrogens (tertiary/aromatic N) is 1. The van der Waals surface area contributed by atoms with Crippen molar-refractivity contribution in [1.82, 2.24) is 4.90 Å². The third kappa shape index (κ3) is 4.93. The Morgan fingerprint density at radius 2 is 2.06 bits per heavy atom. The molecule has 0 aliphatic rings. The van der Waals surface area contributed by atoms with E-state index in [1.165, 1.54) is 0 Å². The lowest BCUT2D eigenvalue weighted by Gasteiger charge is -2.24. The molecule has 0 saturated carbocycles. The summed E-state index contributed by atoms with van der Waals surface area (Å²) in [5.74, 6) is 0. The van der Waals surface area contributed by atoms with Crippen molar-refractivity contribution in [2.24, 2.45) is 0 Å². The summed E-state index contributed by atoms with van der Waals surface area (Å²) in [6.45, 7) is 0.749. The summed E-state index contributed by atoms with van der Waals surface area (Å²) in [6.07, 6.45) is -5.23. The number of halogens is 3. The first-order valence-electron chi connectivity index (χ1n) is 5.64. The van der Waals surface area contributed by atoms with Crippen LogP contribution in [0.4, 0.5) is 18.9 Å². The number of hydrogen-bond donors (Lipinski definition) is 2. The molecule has 3 nitrogen and oxygen atoms in total. The molecule has 1 rings (SSSR count). The molecule has 1 aromatic carbocycles. The van der Waals surface area contributed by atoms with Gasteiger partial charge in [0.25, 0.3) is 0 Å². The summed E-state index contributed by atoms with van der Waals surface area (Å²) < 4.78 is 36.8. The molecule has 0 spiro atoms. The van der Waals surface area contributed by atoms with E-state index >= 15 is 0 Å². The number of anilines is 1. The first kappa shape index (κ1) is 14.8. The van der Waals surface area contributed by atoms with Crippen LogP contribution in [0.15, 0.2) is 24.3 Å². The highest BCUT2D eigenvalue weighted by Gasteiger charge is 2.30. The molecule has 0 heterocycles. The van der Waals surface area contributed by atoms with Crippen molar-refractivity contribution in [3.8, 4) is 0 Å². The Bertz CT molecular complexity index is 382.